The van der Waals surface area contributed by atoms with Gasteiger partial charge in [0.2, 0.25) is 0 Å². The average Bonchev–Trinajstić information content (AvgIpc) is 1.16. The van der Waals surface area contributed by atoms with Crippen molar-refractivity contribution in [1.82, 2.24) is 0 Å². The van der Waals surface area contributed by atoms with Gasteiger partial charge in [0.1, 0.15) is 6.63 Å². The Bertz CT molecular complexity index is 86.5. The molecular formula is C4H7FO. The van der Waals surface area contributed by atoms with E-state index < -0.39 is 12.7 Å². The molecule has 0 aromatic carbocycles. The lowest BCUT2D eigenvalue weighted by molar-refractivity contribution is -0.0618. The molecule has 0 radical (unpaired) electrons. The fourth-order valence-electron chi connectivity index (χ4n) is 0.322. The molecule has 2 heteroatoms. The van der Waals surface area contributed by atoms with Crippen LogP contribution in [0.2, 0.25) is 0 Å². The second-order valence-electron chi connectivity index (χ2n) is 1.26. The first-order valence-corrected chi connectivity index (χ1v) is 1.91. The summed E-state index contributed by atoms with van der Waals surface area (Å²) in [7, 11) is 0. The maximum Gasteiger partial charge on any atom is 0.116 e. The van der Waals surface area contributed by atoms with Gasteiger partial charge in [-0.2, -0.15) is 0 Å². The van der Waals surface area contributed by atoms with Crippen molar-refractivity contribution < 1.29 is 11.9 Å². The fourth-order valence-corrected chi connectivity index (χ4v) is 0.322. The lowest BCUT2D eigenvalue weighted by Gasteiger charge is -2.22. The first kappa shape index (κ1) is 2.26. The number of hydrogen-bond donors (Lipinski definition) is 0. The molecule has 1 saturated heterocycles. The van der Waals surface area contributed by atoms with E-state index in [1.165, 1.54) is 0 Å². The van der Waals surface area contributed by atoms with Gasteiger partial charge in [0.05, 0.1) is 8.85 Å². The Balaban J connectivity index is 2.34. The summed E-state index contributed by atoms with van der Waals surface area (Å²) in [6.07, 6.45) is -0.300. The van der Waals surface area contributed by atoms with Crippen LogP contribution in [-0.2, 0) is 4.74 Å². The minimum absolute atomic E-state index is 0.494. The molecule has 0 bridgehead atoms. The number of alkyl halides is 1. The van der Waals surface area contributed by atoms with Crippen molar-refractivity contribution in [2.75, 3.05) is 13.2 Å². The Morgan fingerprint density at radius 3 is 2.83 bits per heavy atom. The van der Waals surface area contributed by atoms with Crippen molar-refractivity contribution >= 4 is 0 Å². The molecule has 0 saturated carbocycles. The molecule has 1 atom stereocenters. The van der Waals surface area contributed by atoms with Crippen LogP contribution in [0.4, 0.5) is 4.39 Å². The Morgan fingerprint density at radius 2 is 2.83 bits per heavy atom. The lowest BCUT2D eigenvalue weighted by atomic mass is 10.2. The molecule has 36 valence electrons. The topological polar surface area (TPSA) is 9.23 Å². The van der Waals surface area contributed by atoms with Crippen molar-refractivity contribution in [2.24, 2.45) is 0 Å². The molecule has 1 nitrogen and oxygen atoms in total. The minimum atomic E-state index is -2.63. The summed E-state index contributed by atoms with van der Waals surface area (Å²) < 4.78 is 29.5. The highest BCUT2D eigenvalue weighted by Gasteiger charge is 2.16. The molecule has 0 aromatic rings. The molecule has 0 N–H and O–H groups in total. The summed E-state index contributed by atoms with van der Waals surface area (Å²) in [6, 6.07) is 0. The molecule has 1 rings (SSSR count). The third-order valence-corrected chi connectivity index (χ3v) is 0.821. The SMILES string of the molecule is [2H]C([2H])(F)C1CCO1. The molecule has 0 aromatic heterocycles. The van der Waals surface area contributed by atoms with Crippen LogP contribution in [0, 0.1) is 0 Å². The summed E-state index contributed by atoms with van der Waals surface area (Å²) in [5.41, 5.74) is 0. The summed E-state index contributed by atoms with van der Waals surface area (Å²) in [5, 5.41) is 0. The monoisotopic (exact) mass is 92.1 g/mol. The van der Waals surface area contributed by atoms with E-state index in [-0.39, 0.29) is 0 Å². The largest absolute Gasteiger partial charge is 0.375 e. The Kier molecular flexibility index (Phi) is 0.588. The van der Waals surface area contributed by atoms with E-state index in [4.69, 9.17) is 2.74 Å². The zero-order chi connectivity index (χ0) is 6.20. The summed E-state index contributed by atoms with van der Waals surface area (Å²) in [6.45, 7) is -2.13. The average molecular weight is 92.1 g/mol. The molecular weight excluding hydrogens is 83.0 g/mol. The quantitative estimate of drug-likeness (QED) is 0.463. The van der Waals surface area contributed by atoms with Gasteiger partial charge in [0.15, 0.2) is 0 Å². The first-order valence-electron chi connectivity index (χ1n) is 2.91. The van der Waals surface area contributed by atoms with Crippen molar-refractivity contribution in [1.29, 1.82) is 0 Å². The smallest absolute Gasteiger partial charge is 0.116 e. The van der Waals surface area contributed by atoms with Crippen LogP contribution in [0.3, 0.4) is 0 Å². The standard InChI is InChI=1S/C4H7FO/c5-3-4-1-2-6-4/h4H,1-3H2/i3D2. The van der Waals surface area contributed by atoms with Gasteiger partial charge in [0, 0.05) is 6.61 Å². The fraction of sp³-hybridized carbons (Fsp3) is 1.00. The van der Waals surface area contributed by atoms with Crippen molar-refractivity contribution in [3.8, 4) is 0 Å². The number of hydrogen-bond acceptors (Lipinski definition) is 1. The number of ether oxygens (including phenoxy) is 1. The van der Waals surface area contributed by atoms with E-state index in [1.807, 2.05) is 0 Å². The Morgan fingerprint density at radius 1 is 2.17 bits per heavy atom. The molecule has 0 amide bonds. The van der Waals surface area contributed by atoms with Crippen molar-refractivity contribution in [2.45, 2.75) is 12.5 Å². The molecule has 0 aliphatic carbocycles. The van der Waals surface area contributed by atoms with E-state index in [2.05, 4.69) is 4.74 Å². The summed E-state index contributed by atoms with van der Waals surface area (Å²) >= 11 is 0. The maximum absolute atomic E-state index is 12.0. The summed E-state index contributed by atoms with van der Waals surface area (Å²) in [4.78, 5) is 0. The zero-order valence-corrected chi connectivity index (χ0v) is 3.28. The second kappa shape index (κ2) is 1.56. The second-order valence-corrected chi connectivity index (χ2v) is 1.26. The van der Waals surface area contributed by atoms with E-state index >= 15 is 0 Å². The van der Waals surface area contributed by atoms with Gasteiger partial charge in [-0.3, -0.25) is 0 Å². The van der Waals surface area contributed by atoms with Crippen molar-refractivity contribution in [3.05, 3.63) is 0 Å². The minimum Gasteiger partial charge on any atom is -0.375 e. The van der Waals surface area contributed by atoms with Gasteiger partial charge in [-0.05, 0) is 6.42 Å². The highest BCUT2D eigenvalue weighted by molar-refractivity contribution is 4.63. The molecule has 0 spiro atoms. The van der Waals surface area contributed by atoms with Crippen LogP contribution in [-0.4, -0.2) is 19.3 Å². The molecule has 1 fully saturated rings. The molecule has 1 unspecified atom stereocenters. The van der Waals surface area contributed by atoms with Crippen LogP contribution in [0.15, 0.2) is 0 Å². The summed E-state index contributed by atoms with van der Waals surface area (Å²) in [5.74, 6) is 0. The van der Waals surface area contributed by atoms with E-state index in [0.29, 0.717) is 13.0 Å². The van der Waals surface area contributed by atoms with Gasteiger partial charge in [-0.1, -0.05) is 0 Å². The van der Waals surface area contributed by atoms with E-state index in [1.54, 1.807) is 0 Å². The zero-order valence-electron chi connectivity index (χ0n) is 5.28. The van der Waals surface area contributed by atoms with Gasteiger partial charge in [-0.15, -0.1) is 0 Å². The van der Waals surface area contributed by atoms with Gasteiger partial charge in [-0.25, -0.2) is 4.39 Å². The van der Waals surface area contributed by atoms with Crippen molar-refractivity contribution in [3.63, 3.8) is 0 Å². The van der Waals surface area contributed by atoms with Crippen LogP contribution >= 0.6 is 0 Å². The van der Waals surface area contributed by atoms with Gasteiger partial charge in [0.25, 0.3) is 0 Å². The van der Waals surface area contributed by atoms with Crippen LogP contribution < -0.4 is 0 Å². The van der Waals surface area contributed by atoms with Crippen LogP contribution in [0.25, 0.3) is 0 Å². The van der Waals surface area contributed by atoms with E-state index in [0.717, 1.165) is 0 Å². The van der Waals surface area contributed by atoms with Gasteiger partial charge < -0.3 is 4.74 Å². The third kappa shape index (κ3) is 0.522. The van der Waals surface area contributed by atoms with Crippen LogP contribution in [0.1, 0.15) is 9.16 Å². The highest BCUT2D eigenvalue weighted by atomic mass is 19.1. The van der Waals surface area contributed by atoms with Crippen LogP contribution in [0.5, 0.6) is 0 Å². The molecule has 1 aliphatic heterocycles. The predicted molar refractivity (Wildman–Crippen MR) is 20.3 cm³/mol. The van der Waals surface area contributed by atoms with E-state index in [9.17, 15) is 4.39 Å². The molecule has 1 aliphatic rings. The molecule has 6 heavy (non-hydrogen) atoms. The lowest BCUT2D eigenvalue weighted by Crippen LogP contribution is -2.28. The third-order valence-electron chi connectivity index (χ3n) is 0.821. The Labute approximate surface area is 38.9 Å². The predicted octanol–water partition coefficient (Wildman–Crippen LogP) is 0.745. The normalized spacial score (nSPS) is 39.8. The first-order chi connectivity index (χ1) is 3.61. The Hall–Kier alpha value is -0.110. The maximum atomic E-state index is 12.0. The number of rotatable bonds is 1. The number of halogens is 1. The molecule has 1 heterocycles. The highest BCUT2D eigenvalue weighted by Crippen LogP contribution is 2.09. The van der Waals surface area contributed by atoms with Gasteiger partial charge >= 0.3 is 0 Å².